The second-order valence-electron chi connectivity index (χ2n) is 8.41. The van der Waals surface area contributed by atoms with Crippen molar-refractivity contribution >= 4 is 17.8 Å². The number of nitrogens with one attached hydrogen (secondary N) is 2. The van der Waals surface area contributed by atoms with Crippen LogP contribution in [0.1, 0.15) is 43.2 Å². The van der Waals surface area contributed by atoms with Crippen LogP contribution in [0, 0.1) is 5.92 Å². The van der Waals surface area contributed by atoms with Gasteiger partial charge in [0.25, 0.3) is 0 Å². The van der Waals surface area contributed by atoms with E-state index in [1.807, 2.05) is 60.7 Å². The summed E-state index contributed by atoms with van der Waals surface area (Å²) in [6.45, 7) is -0.472. The lowest BCUT2D eigenvalue weighted by Gasteiger charge is -2.32. The van der Waals surface area contributed by atoms with E-state index in [0.29, 0.717) is 25.7 Å². The molecule has 0 spiro atoms. The molecule has 2 amide bonds. The van der Waals surface area contributed by atoms with Crippen molar-refractivity contribution in [3.8, 4) is 0 Å². The second-order valence-corrected chi connectivity index (χ2v) is 8.41. The molecule has 0 unspecified atom stereocenters. The molecule has 7 nitrogen and oxygen atoms in total. The number of aryl methyl sites for hydroxylation is 1. The highest BCUT2D eigenvalue weighted by atomic mass is 16.5. The zero-order valence-corrected chi connectivity index (χ0v) is 18.7. The van der Waals surface area contributed by atoms with Crippen LogP contribution in [0.5, 0.6) is 0 Å². The van der Waals surface area contributed by atoms with Crippen molar-refractivity contribution in [1.82, 2.24) is 10.6 Å². The molecule has 0 aliphatic heterocycles. The van der Waals surface area contributed by atoms with Crippen LogP contribution in [0.15, 0.2) is 60.7 Å². The highest BCUT2D eigenvalue weighted by Crippen LogP contribution is 2.25. The molecule has 7 heteroatoms. The fourth-order valence-electron chi connectivity index (χ4n) is 4.19. The number of hydrogen-bond donors (Lipinski definition) is 3. The molecule has 3 N–H and O–H groups in total. The van der Waals surface area contributed by atoms with Gasteiger partial charge in [-0.3, -0.25) is 9.59 Å². The van der Waals surface area contributed by atoms with E-state index in [0.717, 1.165) is 24.0 Å². The van der Waals surface area contributed by atoms with Gasteiger partial charge in [-0.2, -0.15) is 0 Å². The van der Waals surface area contributed by atoms with Crippen molar-refractivity contribution < 1.29 is 24.2 Å². The molecule has 33 heavy (non-hydrogen) atoms. The third-order valence-corrected chi connectivity index (χ3v) is 6.04. The van der Waals surface area contributed by atoms with Gasteiger partial charge in [0, 0.05) is 6.04 Å². The maximum atomic E-state index is 13.1. The summed E-state index contributed by atoms with van der Waals surface area (Å²) in [6, 6.07) is 17.9. The third kappa shape index (κ3) is 7.71. The normalized spacial score (nSPS) is 18.7. The van der Waals surface area contributed by atoms with Gasteiger partial charge in [-0.25, -0.2) is 4.79 Å². The van der Waals surface area contributed by atoms with Crippen LogP contribution in [0.4, 0.5) is 4.79 Å². The van der Waals surface area contributed by atoms with Crippen LogP contribution >= 0.6 is 0 Å². The van der Waals surface area contributed by atoms with Crippen molar-refractivity contribution in [1.29, 1.82) is 0 Å². The molecule has 1 saturated carbocycles. The van der Waals surface area contributed by atoms with E-state index in [-0.39, 0.29) is 18.6 Å². The molecule has 3 atom stereocenters. The summed E-state index contributed by atoms with van der Waals surface area (Å²) >= 11 is 0. The fourth-order valence-corrected chi connectivity index (χ4v) is 4.19. The van der Waals surface area contributed by atoms with Crippen LogP contribution in [0.3, 0.4) is 0 Å². The number of ether oxygens (including phenoxy) is 1. The second kappa shape index (κ2) is 12.7. The number of rotatable bonds is 10. The lowest BCUT2D eigenvalue weighted by molar-refractivity contribution is -0.132. The SMILES string of the molecule is O=C(N[C@H]1CCCC[C@H]1C(=O)N[C@@H](CCc1ccccc1)C(=O)CO)OCc1ccccc1. The van der Waals surface area contributed by atoms with Crippen molar-refractivity contribution in [2.24, 2.45) is 5.92 Å². The maximum Gasteiger partial charge on any atom is 0.407 e. The monoisotopic (exact) mass is 452 g/mol. The fraction of sp³-hybridized carbons (Fsp3) is 0.423. The molecule has 1 aliphatic rings. The molecule has 1 fully saturated rings. The number of benzene rings is 2. The quantitative estimate of drug-likeness (QED) is 0.514. The number of alkyl carbamates (subject to hydrolysis) is 1. The minimum atomic E-state index is -0.768. The topological polar surface area (TPSA) is 105 Å². The van der Waals surface area contributed by atoms with Gasteiger partial charge in [0.15, 0.2) is 5.78 Å². The number of carbonyl (C=O) groups excluding carboxylic acids is 3. The maximum absolute atomic E-state index is 13.1. The van der Waals surface area contributed by atoms with Gasteiger partial charge < -0.3 is 20.5 Å². The van der Waals surface area contributed by atoms with Crippen LogP contribution in [-0.2, 0) is 27.4 Å². The first-order chi connectivity index (χ1) is 16.1. The van der Waals surface area contributed by atoms with Gasteiger partial charge in [-0.05, 0) is 36.8 Å². The summed E-state index contributed by atoms with van der Waals surface area (Å²) in [5, 5.41) is 15.0. The average Bonchev–Trinajstić information content (AvgIpc) is 2.86. The highest BCUT2D eigenvalue weighted by Gasteiger charge is 2.34. The van der Waals surface area contributed by atoms with Crippen molar-refractivity contribution in [2.75, 3.05) is 6.61 Å². The Bertz CT molecular complexity index is 903. The molecule has 0 heterocycles. The highest BCUT2D eigenvalue weighted by molar-refractivity contribution is 5.90. The van der Waals surface area contributed by atoms with Gasteiger partial charge in [0.05, 0.1) is 12.0 Å². The predicted octanol–water partition coefficient (Wildman–Crippen LogP) is 3.15. The Kier molecular flexibility index (Phi) is 9.44. The summed E-state index contributed by atoms with van der Waals surface area (Å²) in [5.41, 5.74) is 1.94. The molecule has 0 radical (unpaired) electrons. The van der Waals surface area contributed by atoms with E-state index in [9.17, 15) is 19.5 Å². The predicted molar refractivity (Wildman–Crippen MR) is 124 cm³/mol. The van der Waals surface area contributed by atoms with Crippen molar-refractivity contribution in [3.63, 3.8) is 0 Å². The van der Waals surface area contributed by atoms with Crippen LogP contribution in [-0.4, -0.2) is 41.6 Å². The average molecular weight is 453 g/mol. The summed E-state index contributed by atoms with van der Waals surface area (Å²) in [6.07, 6.45) is 3.51. The molecule has 0 aromatic heterocycles. The smallest absolute Gasteiger partial charge is 0.407 e. The molecule has 2 aromatic carbocycles. The summed E-state index contributed by atoms with van der Waals surface area (Å²) < 4.78 is 5.31. The van der Waals surface area contributed by atoms with Gasteiger partial charge in [-0.15, -0.1) is 0 Å². The molecule has 2 aromatic rings. The first kappa shape index (κ1) is 24.5. The molecule has 1 aliphatic carbocycles. The van der Waals surface area contributed by atoms with Gasteiger partial charge in [-0.1, -0.05) is 73.5 Å². The van der Waals surface area contributed by atoms with E-state index in [2.05, 4.69) is 10.6 Å². The van der Waals surface area contributed by atoms with Gasteiger partial charge in [0.1, 0.15) is 13.2 Å². The molecule has 3 rings (SSSR count). The minimum Gasteiger partial charge on any atom is -0.445 e. The number of Topliss-reactive ketones (excluding diaryl/α,β-unsaturated/α-hetero) is 1. The molecule has 176 valence electrons. The Hall–Kier alpha value is -3.19. The van der Waals surface area contributed by atoms with Gasteiger partial charge >= 0.3 is 6.09 Å². The Morgan fingerprint density at radius 3 is 2.24 bits per heavy atom. The van der Waals surface area contributed by atoms with Crippen LogP contribution < -0.4 is 10.6 Å². The summed E-state index contributed by atoms with van der Waals surface area (Å²) in [4.78, 5) is 37.7. The molecular weight excluding hydrogens is 420 g/mol. The number of hydrogen-bond acceptors (Lipinski definition) is 5. The van der Waals surface area contributed by atoms with Crippen molar-refractivity contribution in [3.05, 3.63) is 71.8 Å². The minimum absolute atomic E-state index is 0.156. The lowest BCUT2D eigenvalue weighted by Crippen LogP contribution is -2.52. The van der Waals surface area contributed by atoms with Crippen molar-refractivity contribution in [2.45, 2.75) is 57.2 Å². The molecule has 0 bridgehead atoms. The van der Waals surface area contributed by atoms with E-state index in [4.69, 9.17) is 4.74 Å². The first-order valence-corrected chi connectivity index (χ1v) is 11.5. The Morgan fingerprint density at radius 1 is 0.939 bits per heavy atom. The number of amides is 2. The third-order valence-electron chi connectivity index (χ3n) is 6.04. The van der Waals surface area contributed by atoms with E-state index in [1.165, 1.54) is 0 Å². The molecule has 0 saturated heterocycles. The van der Waals surface area contributed by atoms with E-state index >= 15 is 0 Å². The van der Waals surface area contributed by atoms with Crippen LogP contribution in [0.25, 0.3) is 0 Å². The zero-order valence-electron chi connectivity index (χ0n) is 18.7. The van der Waals surface area contributed by atoms with E-state index < -0.39 is 30.4 Å². The Balaban J connectivity index is 1.56. The largest absolute Gasteiger partial charge is 0.445 e. The lowest BCUT2D eigenvalue weighted by atomic mass is 9.83. The number of ketones is 1. The number of aliphatic hydroxyl groups excluding tert-OH is 1. The standard InChI is InChI=1S/C26H32N2O5/c29-17-24(30)23(16-15-19-9-3-1-4-10-19)27-25(31)21-13-7-8-14-22(21)28-26(32)33-18-20-11-5-2-6-12-20/h1-6,9-12,21-23,29H,7-8,13-18H2,(H,27,31)(H,28,32)/t21-,22+,23+/m1/s1. The Labute approximate surface area is 194 Å². The summed E-state index contributed by atoms with van der Waals surface area (Å²) in [5.74, 6) is -1.14. The van der Waals surface area contributed by atoms with E-state index in [1.54, 1.807) is 0 Å². The molecular formula is C26H32N2O5. The first-order valence-electron chi connectivity index (χ1n) is 11.5. The zero-order chi connectivity index (χ0) is 23.5. The summed E-state index contributed by atoms with van der Waals surface area (Å²) in [7, 11) is 0. The van der Waals surface area contributed by atoms with Gasteiger partial charge in [0.2, 0.25) is 5.91 Å². The number of carbonyl (C=O) groups is 3. The number of aliphatic hydroxyl groups is 1. The van der Waals surface area contributed by atoms with Crippen LogP contribution in [0.2, 0.25) is 0 Å². The Morgan fingerprint density at radius 2 is 1.58 bits per heavy atom.